The molecule has 0 aliphatic heterocycles. The monoisotopic (exact) mass is 170 g/mol. The Labute approximate surface area is 74.2 Å². The topological polar surface area (TPSA) is 0 Å². The average molecular weight is 171 g/mol. The van der Waals surface area contributed by atoms with Crippen LogP contribution < -0.4 is 0 Å². The molecule has 1 aromatic carbocycles. The molecule has 0 aliphatic rings. The van der Waals surface area contributed by atoms with Crippen molar-refractivity contribution in [2.24, 2.45) is 0 Å². The second kappa shape index (κ2) is 7.62. The van der Waals surface area contributed by atoms with E-state index in [0.29, 0.717) is 5.38 Å². The second-order valence-corrected chi connectivity index (χ2v) is 3.09. The molecule has 1 aromatic rings. The molecule has 1 heteroatoms. The van der Waals surface area contributed by atoms with Crippen molar-refractivity contribution in [2.45, 2.75) is 25.6 Å². The van der Waals surface area contributed by atoms with E-state index >= 15 is 0 Å². The quantitative estimate of drug-likeness (QED) is 0.564. The Bertz CT molecular complexity index is 120. The third kappa shape index (κ3) is 9.51. The van der Waals surface area contributed by atoms with E-state index in [-0.39, 0.29) is 0 Å². The van der Waals surface area contributed by atoms with Gasteiger partial charge in [-0.25, -0.2) is 0 Å². The molecule has 0 bridgehead atoms. The van der Waals surface area contributed by atoms with Crippen LogP contribution in [0, 0.1) is 0 Å². The lowest BCUT2D eigenvalue weighted by atomic mass is 10.4. The molecule has 0 aliphatic carbocycles. The van der Waals surface area contributed by atoms with Crippen LogP contribution in [0.5, 0.6) is 0 Å². The Morgan fingerprint density at radius 2 is 1.18 bits per heavy atom. The molecule has 0 nitrogen and oxygen atoms in total. The molecule has 1 unspecified atom stereocenters. The first-order chi connectivity index (χ1) is 5.27. The van der Waals surface area contributed by atoms with Gasteiger partial charge in [0.2, 0.25) is 0 Å². The van der Waals surface area contributed by atoms with E-state index in [2.05, 4.69) is 6.92 Å². The van der Waals surface area contributed by atoms with Crippen LogP contribution in [0.15, 0.2) is 36.4 Å². The third-order valence-corrected chi connectivity index (χ3v) is 1.54. The molecule has 0 radical (unpaired) electrons. The fraction of sp³-hybridized carbons (Fsp3) is 0.400. The molecule has 0 saturated heterocycles. The minimum absolute atomic E-state index is 0.356. The maximum Gasteiger partial charge on any atom is 0.0305 e. The summed E-state index contributed by atoms with van der Waals surface area (Å²) in [5, 5.41) is 0.356. The summed E-state index contributed by atoms with van der Waals surface area (Å²) in [6, 6.07) is 12.0. The van der Waals surface area contributed by atoms with Gasteiger partial charge < -0.3 is 0 Å². The van der Waals surface area contributed by atoms with Crippen LogP contribution in [0.4, 0.5) is 0 Å². The summed E-state index contributed by atoms with van der Waals surface area (Å²) in [7, 11) is 0. The van der Waals surface area contributed by atoms with Gasteiger partial charge in [0.1, 0.15) is 0 Å². The predicted octanol–water partition coefficient (Wildman–Crippen LogP) is 3.71. The largest absolute Gasteiger partial charge is 0.123 e. The summed E-state index contributed by atoms with van der Waals surface area (Å²) in [6.45, 7) is 4.05. The molecule has 1 atom stereocenters. The predicted molar refractivity (Wildman–Crippen MR) is 52.0 cm³/mol. The first-order valence-electron chi connectivity index (χ1n) is 3.91. The van der Waals surface area contributed by atoms with Crippen molar-refractivity contribution in [3.8, 4) is 0 Å². The first-order valence-corrected chi connectivity index (χ1v) is 4.35. The number of halogens is 1. The van der Waals surface area contributed by atoms with Crippen molar-refractivity contribution >= 4 is 11.6 Å². The van der Waals surface area contributed by atoms with Crippen LogP contribution in [0.2, 0.25) is 0 Å². The van der Waals surface area contributed by atoms with Gasteiger partial charge in [-0.05, 0) is 13.3 Å². The number of alkyl halides is 1. The van der Waals surface area contributed by atoms with Gasteiger partial charge in [0, 0.05) is 5.38 Å². The third-order valence-electron chi connectivity index (χ3n) is 1.23. The van der Waals surface area contributed by atoms with Crippen LogP contribution in [-0.4, -0.2) is 5.38 Å². The van der Waals surface area contributed by atoms with E-state index in [0.717, 1.165) is 6.42 Å². The van der Waals surface area contributed by atoms with Gasteiger partial charge in [0.15, 0.2) is 0 Å². The molecule has 0 heterocycles. The Kier molecular flexibility index (Phi) is 7.28. The lowest BCUT2D eigenvalue weighted by molar-refractivity contribution is 0.895. The van der Waals surface area contributed by atoms with Crippen LogP contribution in [0.3, 0.4) is 0 Å². The lowest BCUT2D eigenvalue weighted by Crippen LogP contribution is -1.81. The van der Waals surface area contributed by atoms with E-state index in [1.54, 1.807) is 0 Å². The highest BCUT2D eigenvalue weighted by atomic mass is 35.5. The molecular formula is C10H15Cl. The van der Waals surface area contributed by atoms with Crippen LogP contribution >= 0.6 is 11.6 Å². The van der Waals surface area contributed by atoms with Crippen molar-refractivity contribution in [1.82, 2.24) is 0 Å². The molecule has 1 rings (SSSR count). The minimum atomic E-state index is 0.356. The Morgan fingerprint density at radius 3 is 1.27 bits per heavy atom. The summed E-state index contributed by atoms with van der Waals surface area (Å²) < 4.78 is 0. The van der Waals surface area contributed by atoms with E-state index in [1.807, 2.05) is 43.3 Å². The van der Waals surface area contributed by atoms with E-state index in [4.69, 9.17) is 11.6 Å². The van der Waals surface area contributed by atoms with Gasteiger partial charge in [0.25, 0.3) is 0 Å². The summed E-state index contributed by atoms with van der Waals surface area (Å²) in [4.78, 5) is 0. The maximum atomic E-state index is 5.46. The summed E-state index contributed by atoms with van der Waals surface area (Å²) in [6.07, 6.45) is 1.07. The van der Waals surface area contributed by atoms with Gasteiger partial charge in [0.05, 0.1) is 0 Å². The molecular weight excluding hydrogens is 156 g/mol. The average Bonchev–Trinajstić information content (AvgIpc) is 2.09. The van der Waals surface area contributed by atoms with Gasteiger partial charge in [-0.1, -0.05) is 43.3 Å². The van der Waals surface area contributed by atoms with Crippen molar-refractivity contribution in [2.75, 3.05) is 0 Å². The van der Waals surface area contributed by atoms with Gasteiger partial charge in [-0.3, -0.25) is 0 Å². The normalized spacial score (nSPS) is 11.2. The summed E-state index contributed by atoms with van der Waals surface area (Å²) >= 11 is 5.46. The Hall–Kier alpha value is -0.490. The molecule has 0 aromatic heterocycles. The SMILES string of the molecule is CCC(C)Cl.c1ccccc1. The molecule has 0 fully saturated rings. The first kappa shape index (κ1) is 10.5. The maximum absolute atomic E-state index is 5.46. The molecule has 62 valence electrons. The van der Waals surface area contributed by atoms with Gasteiger partial charge >= 0.3 is 0 Å². The van der Waals surface area contributed by atoms with E-state index < -0.39 is 0 Å². The zero-order chi connectivity index (χ0) is 8.53. The molecule has 0 saturated carbocycles. The summed E-state index contributed by atoms with van der Waals surface area (Å²) in [5.41, 5.74) is 0. The Balaban J connectivity index is 0.000000187. The fourth-order valence-corrected chi connectivity index (χ4v) is 0.385. The van der Waals surface area contributed by atoms with Crippen LogP contribution in [0.1, 0.15) is 20.3 Å². The highest BCUT2D eigenvalue weighted by Gasteiger charge is 1.83. The second-order valence-electron chi connectivity index (χ2n) is 2.34. The van der Waals surface area contributed by atoms with Gasteiger partial charge in [-0.15, -0.1) is 11.6 Å². The molecule has 0 N–H and O–H groups in total. The summed E-state index contributed by atoms with van der Waals surface area (Å²) in [5.74, 6) is 0. The Morgan fingerprint density at radius 1 is 1.00 bits per heavy atom. The number of benzene rings is 1. The van der Waals surface area contributed by atoms with Crippen molar-refractivity contribution in [3.63, 3.8) is 0 Å². The highest BCUT2D eigenvalue weighted by Crippen LogP contribution is 1.95. The zero-order valence-corrected chi connectivity index (χ0v) is 7.88. The van der Waals surface area contributed by atoms with Gasteiger partial charge in [-0.2, -0.15) is 0 Å². The van der Waals surface area contributed by atoms with Crippen molar-refractivity contribution in [1.29, 1.82) is 0 Å². The molecule has 11 heavy (non-hydrogen) atoms. The molecule has 0 spiro atoms. The number of hydrogen-bond donors (Lipinski definition) is 0. The van der Waals surface area contributed by atoms with Crippen LogP contribution in [0.25, 0.3) is 0 Å². The standard InChI is InChI=1S/C6H6.C4H9Cl/c1-2-4-6-5-3-1;1-3-4(2)5/h1-6H;4H,3H2,1-2H3. The zero-order valence-electron chi connectivity index (χ0n) is 7.13. The van der Waals surface area contributed by atoms with E-state index in [1.165, 1.54) is 0 Å². The highest BCUT2D eigenvalue weighted by molar-refractivity contribution is 6.20. The smallest absolute Gasteiger partial charge is 0.0305 e. The minimum Gasteiger partial charge on any atom is -0.123 e. The lowest BCUT2D eigenvalue weighted by Gasteiger charge is -1.87. The van der Waals surface area contributed by atoms with Crippen molar-refractivity contribution in [3.05, 3.63) is 36.4 Å². The van der Waals surface area contributed by atoms with E-state index in [9.17, 15) is 0 Å². The fourth-order valence-electron chi connectivity index (χ4n) is 0.385. The number of hydrogen-bond acceptors (Lipinski definition) is 0. The number of rotatable bonds is 1. The molecule has 0 amide bonds. The van der Waals surface area contributed by atoms with Crippen molar-refractivity contribution < 1.29 is 0 Å². The van der Waals surface area contributed by atoms with Crippen LogP contribution in [-0.2, 0) is 0 Å².